The highest BCUT2D eigenvalue weighted by molar-refractivity contribution is 5.82. The molecule has 0 bridgehead atoms. The molecule has 0 saturated carbocycles. The van der Waals surface area contributed by atoms with E-state index >= 15 is 0 Å². The Morgan fingerprint density at radius 1 is 1.24 bits per heavy atom. The predicted octanol–water partition coefficient (Wildman–Crippen LogP) is 4.41. The monoisotopic (exact) mass is 238 g/mol. The second-order valence-corrected chi connectivity index (χ2v) is 4.34. The minimum atomic E-state index is -0.275. The molecule has 0 aliphatic carbocycles. The van der Waals surface area contributed by atoms with E-state index in [1.54, 1.807) is 13.0 Å². The molecule has 0 spiro atoms. The fourth-order valence-corrected chi connectivity index (χ4v) is 1.49. The van der Waals surface area contributed by atoms with Gasteiger partial charge in [-0.15, -0.1) is 0 Å². The summed E-state index contributed by atoms with van der Waals surface area (Å²) in [6.45, 7) is 7.58. The van der Waals surface area contributed by atoms with Crippen molar-refractivity contribution in [2.24, 2.45) is 0 Å². The molecule has 0 fully saturated rings. The Hall–Kier alpha value is -1.05. The molecule has 2 nitrogen and oxygen atoms in total. The lowest BCUT2D eigenvalue weighted by molar-refractivity contribution is -0.140. The van der Waals surface area contributed by atoms with E-state index in [9.17, 15) is 4.79 Å². The number of hydrogen-bond donors (Lipinski definition) is 0. The van der Waals surface area contributed by atoms with E-state index in [1.807, 2.05) is 6.08 Å². The van der Waals surface area contributed by atoms with Crippen LogP contribution in [-0.4, -0.2) is 12.1 Å². The van der Waals surface area contributed by atoms with Crippen LogP contribution in [0.5, 0.6) is 0 Å². The van der Waals surface area contributed by atoms with Crippen molar-refractivity contribution in [3.05, 3.63) is 24.8 Å². The van der Waals surface area contributed by atoms with Gasteiger partial charge in [0.1, 0.15) is 6.10 Å². The third-order valence-electron chi connectivity index (χ3n) is 2.61. The first-order chi connectivity index (χ1) is 8.20. The molecule has 2 heteroatoms. The Kier molecular flexibility index (Phi) is 10.7. The summed E-state index contributed by atoms with van der Waals surface area (Å²) in [6.07, 6.45) is 13.5. The van der Waals surface area contributed by atoms with Gasteiger partial charge in [-0.3, -0.25) is 0 Å². The number of ether oxygens (including phenoxy) is 1. The zero-order chi connectivity index (χ0) is 12.9. The highest BCUT2D eigenvalue weighted by Gasteiger charge is 2.00. The number of esters is 1. The normalized spacial score (nSPS) is 12.6. The molecule has 0 amide bonds. The molecule has 98 valence electrons. The van der Waals surface area contributed by atoms with Crippen molar-refractivity contribution in [2.75, 3.05) is 0 Å². The molecule has 0 heterocycles. The number of rotatable bonds is 10. The Morgan fingerprint density at radius 2 is 1.88 bits per heavy atom. The quantitative estimate of drug-likeness (QED) is 0.244. The molecule has 0 aromatic rings. The summed E-state index contributed by atoms with van der Waals surface area (Å²) in [5.41, 5.74) is 0. The van der Waals surface area contributed by atoms with Gasteiger partial charge in [-0.05, 0) is 19.8 Å². The van der Waals surface area contributed by atoms with E-state index in [1.165, 1.54) is 38.2 Å². The summed E-state index contributed by atoms with van der Waals surface area (Å²) < 4.78 is 5.02. The third kappa shape index (κ3) is 11.2. The van der Waals surface area contributed by atoms with Gasteiger partial charge >= 0.3 is 5.97 Å². The Labute approximate surface area is 106 Å². The van der Waals surface area contributed by atoms with Crippen LogP contribution in [0.25, 0.3) is 0 Å². The van der Waals surface area contributed by atoms with Gasteiger partial charge in [-0.25, -0.2) is 4.79 Å². The molecular formula is C15H26O2. The number of hydrogen-bond acceptors (Lipinski definition) is 2. The van der Waals surface area contributed by atoms with Gasteiger partial charge < -0.3 is 4.74 Å². The van der Waals surface area contributed by atoms with Crippen LogP contribution in [0, 0.1) is 0 Å². The van der Waals surface area contributed by atoms with Crippen molar-refractivity contribution < 1.29 is 9.53 Å². The molecule has 0 saturated heterocycles. The molecule has 0 aliphatic rings. The maximum absolute atomic E-state index is 11.2. The largest absolute Gasteiger partial charge is 0.455 e. The van der Waals surface area contributed by atoms with E-state index in [-0.39, 0.29) is 12.1 Å². The van der Waals surface area contributed by atoms with Crippen LogP contribution in [0.15, 0.2) is 24.8 Å². The lowest BCUT2D eigenvalue weighted by Gasteiger charge is -2.05. The maximum Gasteiger partial charge on any atom is 0.331 e. The van der Waals surface area contributed by atoms with Crippen molar-refractivity contribution in [3.8, 4) is 0 Å². The Balaban J connectivity index is 3.40. The van der Waals surface area contributed by atoms with Crippen LogP contribution in [0.2, 0.25) is 0 Å². The van der Waals surface area contributed by atoms with Gasteiger partial charge in [0.2, 0.25) is 0 Å². The van der Waals surface area contributed by atoms with E-state index in [0.29, 0.717) is 0 Å². The standard InChI is InChI=1S/C15H26O2/c1-4-6-7-8-9-10-11-12-13-15(16)17-14(3)5-2/h5,12-14H,2,4,6-11H2,1,3H3/b13-12+. The topological polar surface area (TPSA) is 26.3 Å². The lowest BCUT2D eigenvalue weighted by atomic mass is 10.1. The first-order valence-electron chi connectivity index (χ1n) is 6.70. The van der Waals surface area contributed by atoms with Crippen molar-refractivity contribution in [2.45, 2.75) is 64.9 Å². The van der Waals surface area contributed by atoms with Gasteiger partial charge in [0.25, 0.3) is 0 Å². The fraction of sp³-hybridized carbons (Fsp3) is 0.667. The van der Waals surface area contributed by atoms with Crippen molar-refractivity contribution in [1.82, 2.24) is 0 Å². The first-order valence-corrected chi connectivity index (χ1v) is 6.70. The molecule has 17 heavy (non-hydrogen) atoms. The van der Waals surface area contributed by atoms with Gasteiger partial charge in [-0.1, -0.05) is 57.8 Å². The Bertz CT molecular complexity index is 231. The first kappa shape index (κ1) is 16.0. The molecule has 0 aromatic heterocycles. The minimum Gasteiger partial charge on any atom is -0.455 e. The average Bonchev–Trinajstić information content (AvgIpc) is 2.32. The smallest absolute Gasteiger partial charge is 0.331 e. The molecule has 1 unspecified atom stereocenters. The second-order valence-electron chi connectivity index (χ2n) is 4.34. The lowest BCUT2D eigenvalue weighted by Crippen LogP contribution is -2.09. The molecule has 0 radical (unpaired) electrons. The van der Waals surface area contributed by atoms with Gasteiger partial charge in [-0.2, -0.15) is 0 Å². The zero-order valence-electron chi connectivity index (χ0n) is 11.3. The van der Waals surface area contributed by atoms with Crippen molar-refractivity contribution >= 4 is 5.97 Å². The average molecular weight is 238 g/mol. The summed E-state index contributed by atoms with van der Waals surface area (Å²) in [5.74, 6) is -0.275. The van der Waals surface area contributed by atoms with Crippen LogP contribution >= 0.6 is 0 Å². The fourth-order valence-electron chi connectivity index (χ4n) is 1.49. The Morgan fingerprint density at radius 3 is 2.53 bits per heavy atom. The van der Waals surface area contributed by atoms with E-state index in [2.05, 4.69) is 13.5 Å². The predicted molar refractivity (Wildman–Crippen MR) is 72.9 cm³/mol. The van der Waals surface area contributed by atoms with E-state index in [0.717, 1.165) is 12.8 Å². The maximum atomic E-state index is 11.2. The van der Waals surface area contributed by atoms with E-state index < -0.39 is 0 Å². The van der Waals surface area contributed by atoms with Crippen LogP contribution in [0.4, 0.5) is 0 Å². The minimum absolute atomic E-state index is 0.207. The number of allylic oxidation sites excluding steroid dienone is 1. The van der Waals surface area contributed by atoms with Gasteiger partial charge in [0.15, 0.2) is 0 Å². The molecule has 0 N–H and O–H groups in total. The summed E-state index contributed by atoms with van der Waals surface area (Å²) in [4.78, 5) is 11.2. The molecule has 0 rings (SSSR count). The number of unbranched alkanes of at least 4 members (excludes halogenated alkanes) is 6. The van der Waals surface area contributed by atoms with Crippen molar-refractivity contribution in [3.63, 3.8) is 0 Å². The van der Waals surface area contributed by atoms with Crippen LogP contribution in [0.1, 0.15) is 58.8 Å². The summed E-state index contributed by atoms with van der Waals surface area (Å²) >= 11 is 0. The van der Waals surface area contributed by atoms with Crippen LogP contribution < -0.4 is 0 Å². The SMILES string of the molecule is C=CC(C)OC(=O)/C=C/CCCCCCCC. The van der Waals surface area contributed by atoms with E-state index in [4.69, 9.17) is 4.74 Å². The van der Waals surface area contributed by atoms with Gasteiger partial charge in [0.05, 0.1) is 0 Å². The summed E-state index contributed by atoms with van der Waals surface area (Å²) in [5, 5.41) is 0. The molecular weight excluding hydrogens is 212 g/mol. The number of carbonyl (C=O) groups is 1. The molecule has 0 aromatic carbocycles. The molecule has 1 atom stereocenters. The summed E-state index contributed by atoms with van der Waals surface area (Å²) in [7, 11) is 0. The van der Waals surface area contributed by atoms with Gasteiger partial charge in [0, 0.05) is 6.08 Å². The molecule has 0 aliphatic heterocycles. The van der Waals surface area contributed by atoms with Crippen molar-refractivity contribution in [1.29, 1.82) is 0 Å². The number of carbonyl (C=O) groups excluding carboxylic acids is 1. The van der Waals surface area contributed by atoms with Crippen LogP contribution in [-0.2, 0) is 9.53 Å². The summed E-state index contributed by atoms with van der Waals surface area (Å²) in [6, 6.07) is 0. The third-order valence-corrected chi connectivity index (χ3v) is 2.61. The highest BCUT2D eigenvalue weighted by Crippen LogP contribution is 2.07. The second kappa shape index (κ2) is 11.4. The zero-order valence-corrected chi connectivity index (χ0v) is 11.3. The highest BCUT2D eigenvalue weighted by atomic mass is 16.5. The van der Waals surface area contributed by atoms with Crippen LogP contribution in [0.3, 0.4) is 0 Å².